The molecule has 8 heteroatoms. The number of nitrogens with zero attached hydrogens (tertiary/aromatic N) is 4. The number of anilines is 1. The fraction of sp³-hybridized carbons (Fsp3) is 0.263. The second kappa shape index (κ2) is 7.96. The molecule has 0 saturated carbocycles. The zero-order valence-corrected chi connectivity index (χ0v) is 14.7. The number of aromatic nitrogens is 4. The quantitative estimate of drug-likeness (QED) is 0.723. The molecule has 1 aliphatic heterocycles. The van der Waals surface area contributed by atoms with E-state index >= 15 is 0 Å². The summed E-state index contributed by atoms with van der Waals surface area (Å²) in [6, 6.07) is 9.15. The molecule has 2 aromatic heterocycles. The van der Waals surface area contributed by atoms with Gasteiger partial charge in [-0.05, 0) is 37.6 Å². The number of hydrogen-bond donors (Lipinski definition) is 2. The topological polar surface area (TPSA) is 94.0 Å². The Kier molecular flexibility index (Phi) is 5.06. The third-order valence-corrected chi connectivity index (χ3v) is 4.34. The van der Waals surface area contributed by atoms with Crippen molar-refractivity contribution in [2.24, 2.45) is 0 Å². The highest BCUT2D eigenvalue weighted by Crippen LogP contribution is 2.22. The van der Waals surface area contributed by atoms with Crippen LogP contribution < -0.4 is 15.4 Å². The van der Waals surface area contributed by atoms with E-state index in [0.717, 1.165) is 25.9 Å². The Balaban J connectivity index is 1.42. The number of rotatable bonds is 5. The summed E-state index contributed by atoms with van der Waals surface area (Å²) in [5.41, 5.74) is 1.01. The van der Waals surface area contributed by atoms with Gasteiger partial charge in [0, 0.05) is 36.9 Å². The molecule has 138 valence electrons. The predicted molar refractivity (Wildman–Crippen MR) is 99.9 cm³/mol. The molecule has 4 rings (SSSR count). The molecule has 1 amide bonds. The average molecular weight is 364 g/mol. The van der Waals surface area contributed by atoms with Crippen molar-refractivity contribution in [2.45, 2.75) is 18.9 Å². The minimum atomic E-state index is -0.255. The molecule has 0 bridgehead atoms. The van der Waals surface area contributed by atoms with Crippen LogP contribution in [-0.2, 0) is 0 Å². The maximum atomic E-state index is 12.5. The van der Waals surface area contributed by atoms with Gasteiger partial charge in [-0.1, -0.05) is 6.07 Å². The molecule has 1 fully saturated rings. The largest absolute Gasteiger partial charge is 0.437 e. The van der Waals surface area contributed by atoms with Crippen LogP contribution in [0, 0.1) is 0 Å². The number of ether oxygens (including phenoxy) is 1. The lowest BCUT2D eigenvalue weighted by Gasteiger charge is -2.22. The van der Waals surface area contributed by atoms with Gasteiger partial charge in [0.2, 0.25) is 5.88 Å². The van der Waals surface area contributed by atoms with Crippen LogP contribution in [0.2, 0.25) is 0 Å². The van der Waals surface area contributed by atoms with E-state index in [4.69, 9.17) is 4.74 Å². The monoisotopic (exact) mass is 364 g/mol. The van der Waals surface area contributed by atoms with Crippen LogP contribution in [0.5, 0.6) is 11.6 Å². The molecule has 1 aromatic carbocycles. The Labute approximate surface area is 156 Å². The minimum absolute atomic E-state index is 0.255. The molecular weight excluding hydrogens is 344 g/mol. The Morgan fingerprint density at radius 3 is 3.07 bits per heavy atom. The normalized spacial score (nSPS) is 16.7. The molecule has 1 aliphatic rings. The molecule has 1 atom stereocenters. The molecule has 2 N–H and O–H groups in total. The summed E-state index contributed by atoms with van der Waals surface area (Å²) in [5, 5.41) is 10.6. The molecule has 0 spiro atoms. The van der Waals surface area contributed by atoms with E-state index in [2.05, 4.69) is 25.7 Å². The maximum absolute atomic E-state index is 12.5. The fourth-order valence-corrected chi connectivity index (χ4v) is 3.01. The van der Waals surface area contributed by atoms with Gasteiger partial charge in [0.15, 0.2) is 5.69 Å². The molecule has 0 aliphatic carbocycles. The van der Waals surface area contributed by atoms with E-state index in [1.807, 2.05) is 10.9 Å². The van der Waals surface area contributed by atoms with Crippen molar-refractivity contribution in [1.29, 1.82) is 0 Å². The molecule has 27 heavy (non-hydrogen) atoms. The van der Waals surface area contributed by atoms with Crippen LogP contribution in [0.3, 0.4) is 0 Å². The number of amides is 1. The highest BCUT2D eigenvalue weighted by atomic mass is 16.5. The van der Waals surface area contributed by atoms with Crippen LogP contribution in [0.1, 0.15) is 29.4 Å². The van der Waals surface area contributed by atoms with Gasteiger partial charge in [0.1, 0.15) is 5.75 Å². The van der Waals surface area contributed by atoms with Crippen LogP contribution in [0.4, 0.5) is 5.69 Å². The maximum Gasteiger partial charge on any atom is 0.276 e. The van der Waals surface area contributed by atoms with Crippen molar-refractivity contribution in [3.63, 3.8) is 0 Å². The molecule has 1 saturated heterocycles. The second-order valence-electron chi connectivity index (χ2n) is 6.31. The van der Waals surface area contributed by atoms with E-state index in [1.54, 1.807) is 42.7 Å². The van der Waals surface area contributed by atoms with Gasteiger partial charge in [0.05, 0.1) is 12.2 Å². The molecule has 0 radical (unpaired) electrons. The number of benzene rings is 1. The van der Waals surface area contributed by atoms with Crippen molar-refractivity contribution >= 4 is 11.6 Å². The average Bonchev–Trinajstić information content (AvgIpc) is 3.20. The summed E-state index contributed by atoms with van der Waals surface area (Å²) in [6.45, 7) is 1.92. The van der Waals surface area contributed by atoms with Crippen molar-refractivity contribution < 1.29 is 9.53 Å². The number of piperidine rings is 1. The van der Waals surface area contributed by atoms with Crippen LogP contribution >= 0.6 is 0 Å². The van der Waals surface area contributed by atoms with Gasteiger partial charge in [-0.15, -0.1) is 0 Å². The van der Waals surface area contributed by atoms with E-state index in [-0.39, 0.29) is 5.91 Å². The Morgan fingerprint density at radius 2 is 2.26 bits per heavy atom. The summed E-state index contributed by atoms with van der Waals surface area (Å²) in [4.78, 5) is 20.5. The zero-order valence-electron chi connectivity index (χ0n) is 14.7. The Bertz CT molecular complexity index is 905. The van der Waals surface area contributed by atoms with Gasteiger partial charge in [0.25, 0.3) is 5.91 Å². The Hall–Kier alpha value is -3.26. The molecule has 8 nitrogen and oxygen atoms in total. The summed E-state index contributed by atoms with van der Waals surface area (Å²) in [6.07, 6.45) is 8.70. The number of carbonyl (C=O) groups is 1. The molecule has 3 heterocycles. The Morgan fingerprint density at radius 1 is 1.30 bits per heavy atom. The lowest BCUT2D eigenvalue weighted by atomic mass is 10.1. The minimum Gasteiger partial charge on any atom is -0.437 e. The third-order valence-electron chi connectivity index (χ3n) is 4.34. The summed E-state index contributed by atoms with van der Waals surface area (Å²) in [7, 11) is 0. The van der Waals surface area contributed by atoms with Crippen molar-refractivity contribution in [3.05, 3.63) is 60.8 Å². The van der Waals surface area contributed by atoms with Gasteiger partial charge in [-0.3, -0.25) is 14.5 Å². The second-order valence-corrected chi connectivity index (χ2v) is 6.31. The highest BCUT2D eigenvalue weighted by molar-refractivity contribution is 6.02. The summed E-state index contributed by atoms with van der Waals surface area (Å²) < 4.78 is 7.51. The predicted octanol–water partition coefficient (Wildman–Crippen LogP) is 2.64. The molecular formula is C19H20N6O2. The van der Waals surface area contributed by atoms with E-state index in [9.17, 15) is 4.79 Å². The van der Waals surface area contributed by atoms with Crippen LogP contribution in [0.25, 0.3) is 0 Å². The van der Waals surface area contributed by atoms with Crippen molar-refractivity contribution in [3.8, 4) is 11.6 Å². The van der Waals surface area contributed by atoms with Gasteiger partial charge >= 0.3 is 0 Å². The highest BCUT2D eigenvalue weighted by Gasteiger charge is 2.17. The zero-order chi connectivity index (χ0) is 18.5. The first-order valence-corrected chi connectivity index (χ1v) is 8.89. The summed E-state index contributed by atoms with van der Waals surface area (Å²) >= 11 is 0. The van der Waals surface area contributed by atoms with E-state index in [1.165, 1.54) is 6.20 Å². The lowest BCUT2D eigenvalue weighted by molar-refractivity contribution is 0.102. The summed E-state index contributed by atoms with van der Waals surface area (Å²) in [5.74, 6) is 0.696. The van der Waals surface area contributed by atoms with E-state index < -0.39 is 0 Å². The van der Waals surface area contributed by atoms with Gasteiger partial charge in [-0.25, -0.2) is 4.98 Å². The first-order valence-electron chi connectivity index (χ1n) is 8.89. The fourth-order valence-electron chi connectivity index (χ4n) is 3.01. The SMILES string of the molecule is O=C(Nc1cccc(Oc2cnccn2)c1)c1ccn(C2CCCNC2)n1. The van der Waals surface area contributed by atoms with Crippen molar-refractivity contribution in [1.82, 2.24) is 25.1 Å². The molecule has 1 unspecified atom stereocenters. The number of nitrogens with one attached hydrogen (secondary N) is 2. The smallest absolute Gasteiger partial charge is 0.276 e. The third kappa shape index (κ3) is 4.29. The van der Waals surface area contributed by atoms with Gasteiger partial charge in [-0.2, -0.15) is 5.10 Å². The molecule has 3 aromatic rings. The van der Waals surface area contributed by atoms with E-state index in [0.29, 0.717) is 29.1 Å². The number of hydrogen-bond acceptors (Lipinski definition) is 6. The van der Waals surface area contributed by atoms with Crippen molar-refractivity contribution in [2.75, 3.05) is 18.4 Å². The van der Waals surface area contributed by atoms with Crippen LogP contribution in [0.15, 0.2) is 55.1 Å². The standard InChI is InChI=1S/C19H20N6O2/c26-19(17-6-10-25(24-17)15-4-2-7-20-12-15)23-14-3-1-5-16(11-14)27-18-13-21-8-9-22-18/h1,3,5-6,8-11,13,15,20H,2,4,7,12H2,(H,23,26). The first kappa shape index (κ1) is 17.2. The lowest BCUT2D eigenvalue weighted by Crippen LogP contribution is -2.32. The number of carbonyl (C=O) groups excluding carboxylic acids is 1. The van der Waals surface area contributed by atoms with Crippen LogP contribution in [-0.4, -0.2) is 38.7 Å². The first-order chi connectivity index (χ1) is 13.3. The van der Waals surface area contributed by atoms with Gasteiger partial charge < -0.3 is 15.4 Å².